The number of carbonyl (C=O) groups is 1. The van der Waals surface area contributed by atoms with Crippen LogP contribution in [0.1, 0.15) is 24.3 Å². The molecule has 6 heteroatoms. The van der Waals surface area contributed by atoms with Gasteiger partial charge in [0.15, 0.2) is 5.84 Å². The van der Waals surface area contributed by atoms with Gasteiger partial charge in [0, 0.05) is 20.2 Å². The van der Waals surface area contributed by atoms with Gasteiger partial charge in [0.1, 0.15) is 5.92 Å². The van der Waals surface area contributed by atoms with Gasteiger partial charge < -0.3 is 20.6 Å². The van der Waals surface area contributed by atoms with Crippen molar-refractivity contribution in [3.63, 3.8) is 0 Å². The molecule has 2 rings (SSSR count). The number of nitrogens with zero attached hydrogens (tertiary/aromatic N) is 2. The zero-order valence-electron chi connectivity index (χ0n) is 12.1. The number of hydrogen-bond donors (Lipinski definition) is 2. The van der Waals surface area contributed by atoms with Gasteiger partial charge in [0.05, 0.1) is 6.10 Å². The van der Waals surface area contributed by atoms with Crippen molar-refractivity contribution >= 4 is 11.7 Å². The van der Waals surface area contributed by atoms with Crippen LogP contribution in [0.2, 0.25) is 0 Å². The molecule has 1 aliphatic heterocycles. The number of piperidine rings is 1. The van der Waals surface area contributed by atoms with E-state index in [1.165, 1.54) is 0 Å². The van der Waals surface area contributed by atoms with Crippen LogP contribution < -0.4 is 5.73 Å². The highest BCUT2D eigenvalue weighted by atomic mass is 16.5. The molecule has 0 aromatic heterocycles. The van der Waals surface area contributed by atoms with E-state index < -0.39 is 5.92 Å². The molecule has 6 nitrogen and oxygen atoms in total. The van der Waals surface area contributed by atoms with E-state index in [0.717, 1.165) is 18.4 Å². The second-order valence-corrected chi connectivity index (χ2v) is 5.13. The molecule has 0 aliphatic carbocycles. The van der Waals surface area contributed by atoms with Gasteiger partial charge in [-0.3, -0.25) is 4.79 Å². The highest BCUT2D eigenvalue weighted by Gasteiger charge is 2.32. The minimum absolute atomic E-state index is 0.0833. The lowest BCUT2D eigenvalue weighted by molar-refractivity contribution is -0.133. The molecule has 1 aromatic carbocycles. The summed E-state index contributed by atoms with van der Waals surface area (Å²) in [6.07, 6.45) is 1.81. The fourth-order valence-corrected chi connectivity index (χ4v) is 2.64. The maximum Gasteiger partial charge on any atom is 0.237 e. The summed E-state index contributed by atoms with van der Waals surface area (Å²) in [6, 6.07) is 9.14. The van der Waals surface area contributed by atoms with Crippen LogP contribution in [-0.4, -0.2) is 48.2 Å². The van der Waals surface area contributed by atoms with Crippen LogP contribution in [0.4, 0.5) is 0 Å². The number of amides is 1. The Bertz CT molecular complexity index is 496. The molecule has 1 amide bonds. The predicted molar refractivity (Wildman–Crippen MR) is 79.2 cm³/mol. The smallest absolute Gasteiger partial charge is 0.237 e. The van der Waals surface area contributed by atoms with E-state index in [0.29, 0.717) is 13.1 Å². The van der Waals surface area contributed by atoms with E-state index in [9.17, 15) is 4.79 Å². The first-order chi connectivity index (χ1) is 10.2. The zero-order chi connectivity index (χ0) is 15.2. The van der Waals surface area contributed by atoms with Crippen LogP contribution in [-0.2, 0) is 9.53 Å². The van der Waals surface area contributed by atoms with Gasteiger partial charge in [0.2, 0.25) is 5.91 Å². The van der Waals surface area contributed by atoms with Crippen molar-refractivity contribution in [2.45, 2.75) is 24.9 Å². The highest BCUT2D eigenvalue weighted by molar-refractivity contribution is 6.07. The molecule has 1 heterocycles. The number of hydrogen-bond acceptors (Lipinski definition) is 4. The van der Waals surface area contributed by atoms with Crippen LogP contribution >= 0.6 is 0 Å². The molecule has 1 atom stereocenters. The molecule has 114 valence electrons. The number of amidine groups is 1. The first-order valence-corrected chi connectivity index (χ1v) is 7.01. The Balaban J connectivity index is 2.16. The molecule has 1 aromatic rings. The first kappa shape index (κ1) is 15.3. The minimum atomic E-state index is -0.740. The van der Waals surface area contributed by atoms with Crippen molar-refractivity contribution in [1.29, 1.82) is 0 Å². The van der Waals surface area contributed by atoms with Crippen molar-refractivity contribution in [2.75, 3.05) is 20.2 Å². The summed E-state index contributed by atoms with van der Waals surface area (Å²) < 4.78 is 5.31. The van der Waals surface area contributed by atoms with Gasteiger partial charge in [-0.15, -0.1) is 0 Å². The van der Waals surface area contributed by atoms with Crippen LogP contribution in [0, 0.1) is 0 Å². The Morgan fingerprint density at radius 1 is 1.38 bits per heavy atom. The number of methoxy groups -OCH3 is 1. The maximum atomic E-state index is 12.7. The standard InChI is InChI=1S/C15H21N3O3/c1-21-12-7-9-18(10-8-12)15(19)13(14(16)17-20)11-5-3-2-4-6-11/h2-6,12-13,20H,7-10H2,1H3,(H2,16,17). The third-order valence-electron chi connectivity index (χ3n) is 3.88. The van der Waals surface area contributed by atoms with Gasteiger partial charge >= 0.3 is 0 Å². The van der Waals surface area contributed by atoms with Crippen molar-refractivity contribution in [3.05, 3.63) is 35.9 Å². The zero-order valence-corrected chi connectivity index (χ0v) is 12.1. The topological polar surface area (TPSA) is 88.2 Å². The molecule has 21 heavy (non-hydrogen) atoms. The normalized spacial score (nSPS) is 18.5. The second kappa shape index (κ2) is 7.08. The van der Waals surface area contributed by atoms with Crippen LogP contribution in [0.15, 0.2) is 35.5 Å². The summed E-state index contributed by atoms with van der Waals surface area (Å²) >= 11 is 0. The summed E-state index contributed by atoms with van der Waals surface area (Å²) in [6.45, 7) is 1.25. The van der Waals surface area contributed by atoms with E-state index in [1.807, 2.05) is 30.3 Å². The number of nitrogens with two attached hydrogens (primary N) is 1. The molecule has 1 fully saturated rings. The lowest BCUT2D eigenvalue weighted by atomic mass is 9.95. The van der Waals surface area contributed by atoms with E-state index in [2.05, 4.69) is 5.16 Å². The molecular weight excluding hydrogens is 270 g/mol. The lowest BCUT2D eigenvalue weighted by Gasteiger charge is -2.33. The van der Waals surface area contributed by atoms with Crippen LogP contribution in [0.5, 0.6) is 0 Å². The number of benzene rings is 1. The van der Waals surface area contributed by atoms with Gasteiger partial charge in [-0.05, 0) is 18.4 Å². The number of rotatable bonds is 4. The van der Waals surface area contributed by atoms with Gasteiger partial charge in [0.25, 0.3) is 0 Å². The first-order valence-electron chi connectivity index (χ1n) is 7.01. The van der Waals surface area contributed by atoms with Crippen molar-refractivity contribution in [3.8, 4) is 0 Å². The minimum Gasteiger partial charge on any atom is -0.409 e. The molecule has 1 unspecified atom stereocenters. The highest BCUT2D eigenvalue weighted by Crippen LogP contribution is 2.22. The third-order valence-corrected chi connectivity index (χ3v) is 3.88. The van der Waals surface area contributed by atoms with E-state index in [4.69, 9.17) is 15.7 Å². The summed E-state index contributed by atoms with van der Waals surface area (Å²) in [5, 5.41) is 12.0. The van der Waals surface area contributed by atoms with Crippen molar-refractivity contribution in [2.24, 2.45) is 10.9 Å². The monoisotopic (exact) mass is 291 g/mol. The summed E-state index contributed by atoms with van der Waals surface area (Å²) in [5.74, 6) is -0.957. The molecule has 0 bridgehead atoms. The van der Waals surface area contributed by atoms with Gasteiger partial charge in [-0.25, -0.2) is 0 Å². The Labute approximate surface area is 124 Å². The average Bonchev–Trinajstić information content (AvgIpc) is 2.55. The van der Waals surface area contributed by atoms with E-state index >= 15 is 0 Å². The number of likely N-dealkylation sites (tertiary alicyclic amines) is 1. The Morgan fingerprint density at radius 2 is 2.00 bits per heavy atom. The summed E-state index contributed by atoms with van der Waals surface area (Å²) in [7, 11) is 1.69. The second-order valence-electron chi connectivity index (χ2n) is 5.13. The maximum absolute atomic E-state index is 12.7. The molecule has 1 saturated heterocycles. The van der Waals surface area contributed by atoms with Crippen LogP contribution in [0.25, 0.3) is 0 Å². The predicted octanol–water partition coefficient (Wildman–Crippen LogP) is 1.15. The number of ether oxygens (including phenoxy) is 1. The fraction of sp³-hybridized carbons (Fsp3) is 0.467. The average molecular weight is 291 g/mol. The summed E-state index contributed by atoms with van der Waals surface area (Å²) in [5.41, 5.74) is 6.47. The quantitative estimate of drug-likeness (QED) is 0.377. The largest absolute Gasteiger partial charge is 0.409 e. The lowest BCUT2D eigenvalue weighted by Crippen LogP contribution is -2.45. The van der Waals surface area contributed by atoms with E-state index in [-0.39, 0.29) is 17.8 Å². The van der Waals surface area contributed by atoms with Gasteiger partial charge in [-0.2, -0.15) is 0 Å². The van der Waals surface area contributed by atoms with Gasteiger partial charge in [-0.1, -0.05) is 35.5 Å². The Kier molecular flexibility index (Phi) is 5.16. The van der Waals surface area contributed by atoms with Crippen LogP contribution in [0.3, 0.4) is 0 Å². The molecule has 3 N–H and O–H groups in total. The molecular formula is C15H21N3O3. The molecule has 0 saturated carbocycles. The van der Waals surface area contributed by atoms with Crippen molar-refractivity contribution < 1.29 is 14.7 Å². The number of oxime groups is 1. The molecule has 1 aliphatic rings. The van der Waals surface area contributed by atoms with Crippen molar-refractivity contribution in [1.82, 2.24) is 4.90 Å². The SMILES string of the molecule is COC1CCN(C(=O)C(C(N)=NO)c2ccccc2)CC1. The third kappa shape index (κ3) is 3.52. The number of carbonyl (C=O) groups excluding carboxylic acids is 1. The summed E-state index contributed by atoms with van der Waals surface area (Å²) in [4.78, 5) is 14.5. The molecule has 0 radical (unpaired) electrons. The Hall–Kier alpha value is -2.08. The molecule has 0 spiro atoms. The van der Waals surface area contributed by atoms with E-state index in [1.54, 1.807) is 12.0 Å². The fourth-order valence-electron chi connectivity index (χ4n) is 2.64. The Morgan fingerprint density at radius 3 is 2.52 bits per heavy atom.